The van der Waals surface area contributed by atoms with Crippen molar-refractivity contribution in [2.24, 2.45) is 0 Å². The van der Waals surface area contributed by atoms with Gasteiger partial charge in [-0.25, -0.2) is 0 Å². The third-order valence-corrected chi connectivity index (χ3v) is 3.64. The Morgan fingerprint density at radius 1 is 0.955 bits per heavy atom. The van der Waals surface area contributed by atoms with Crippen molar-refractivity contribution in [3.05, 3.63) is 65.0 Å². The first-order valence-electron chi connectivity index (χ1n) is 7.07. The molecule has 0 radical (unpaired) electrons. The van der Waals surface area contributed by atoms with E-state index in [1.54, 1.807) is 36.4 Å². The minimum Gasteiger partial charge on any atom is -0.296 e. The van der Waals surface area contributed by atoms with Crippen LogP contribution in [0.3, 0.4) is 0 Å². The molecule has 22 heavy (non-hydrogen) atoms. The summed E-state index contributed by atoms with van der Waals surface area (Å²) >= 11 is 0. The summed E-state index contributed by atoms with van der Waals surface area (Å²) in [6, 6.07) is 12.1. The zero-order valence-electron chi connectivity index (χ0n) is 11.9. The van der Waals surface area contributed by atoms with Crippen LogP contribution in [0.1, 0.15) is 43.3 Å². The van der Waals surface area contributed by atoms with Crippen molar-refractivity contribution < 1.29 is 14.4 Å². The molecule has 0 bridgehead atoms. The molecule has 0 spiro atoms. The maximum atomic E-state index is 12.2. The minimum absolute atomic E-state index is 0.241. The van der Waals surface area contributed by atoms with E-state index >= 15 is 0 Å². The van der Waals surface area contributed by atoms with Crippen LogP contribution in [-0.4, -0.2) is 34.5 Å². The first-order chi connectivity index (χ1) is 10.7. The number of hydrogen-bond acceptors (Lipinski definition) is 4. The fourth-order valence-electron chi connectivity index (χ4n) is 2.56. The highest BCUT2D eigenvalue weighted by atomic mass is 16.2. The van der Waals surface area contributed by atoms with Crippen LogP contribution in [0.15, 0.2) is 42.5 Å². The highest BCUT2D eigenvalue weighted by Crippen LogP contribution is 2.22. The van der Waals surface area contributed by atoms with Crippen LogP contribution in [-0.2, 0) is 6.42 Å². The van der Waals surface area contributed by atoms with E-state index in [9.17, 15) is 14.4 Å². The molecule has 5 heteroatoms. The lowest BCUT2D eigenvalue weighted by atomic mass is 10.1. The van der Waals surface area contributed by atoms with Crippen molar-refractivity contribution in [2.45, 2.75) is 12.8 Å². The third kappa shape index (κ3) is 2.53. The maximum absolute atomic E-state index is 12.2. The number of aromatic nitrogens is 1. The van der Waals surface area contributed by atoms with Gasteiger partial charge < -0.3 is 0 Å². The molecule has 0 aliphatic carbocycles. The van der Waals surface area contributed by atoms with Crippen molar-refractivity contribution >= 4 is 18.1 Å². The summed E-state index contributed by atoms with van der Waals surface area (Å²) in [5.41, 5.74) is 2.10. The number of carbonyl (C=O) groups is 3. The van der Waals surface area contributed by atoms with Gasteiger partial charge in [-0.2, -0.15) is 0 Å². The number of rotatable bonds is 5. The van der Waals surface area contributed by atoms with E-state index in [2.05, 4.69) is 4.98 Å². The molecule has 2 amide bonds. The van der Waals surface area contributed by atoms with Gasteiger partial charge in [0.25, 0.3) is 11.8 Å². The van der Waals surface area contributed by atoms with Crippen molar-refractivity contribution in [3.8, 4) is 0 Å². The minimum atomic E-state index is -0.241. The Morgan fingerprint density at radius 2 is 1.64 bits per heavy atom. The summed E-state index contributed by atoms with van der Waals surface area (Å²) in [5, 5.41) is 0. The summed E-state index contributed by atoms with van der Waals surface area (Å²) in [5.74, 6) is -0.481. The number of pyridine rings is 1. The second kappa shape index (κ2) is 5.89. The van der Waals surface area contributed by atoms with Crippen LogP contribution in [0, 0.1) is 0 Å². The van der Waals surface area contributed by atoms with Gasteiger partial charge >= 0.3 is 0 Å². The summed E-state index contributed by atoms with van der Waals surface area (Å²) < 4.78 is 0. The molecule has 0 unspecified atom stereocenters. The second-order valence-electron chi connectivity index (χ2n) is 5.08. The quantitative estimate of drug-likeness (QED) is 0.626. The topological polar surface area (TPSA) is 67.3 Å². The number of aryl methyl sites for hydroxylation is 1. The molecule has 0 saturated heterocycles. The highest BCUT2D eigenvalue weighted by Gasteiger charge is 2.34. The van der Waals surface area contributed by atoms with Crippen LogP contribution >= 0.6 is 0 Å². The van der Waals surface area contributed by atoms with Crippen molar-refractivity contribution in [2.75, 3.05) is 6.54 Å². The zero-order chi connectivity index (χ0) is 15.5. The Balaban J connectivity index is 1.64. The van der Waals surface area contributed by atoms with E-state index in [-0.39, 0.29) is 11.8 Å². The van der Waals surface area contributed by atoms with E-state index in [1.165, 1.54) is 4.90 Å². The van der Waals surface area contributed by atoms with E-state index < -0.39 is 0 Å². The summed E-state index contributed by atoms with van der Waals surface area (Å²) in [4.78, 5) is 40.5. The fourth-order valence-corrected chi connectivity index (χ4v) is 2.56. The number of imide groups is 1. The molecule has 0 fully saturated rings. The van der Waals surface area contributed by atoms with Crippen molar-refractivity contribution in [3.63, 3.8) is 0 Å². The van der Waals surface area contributed by atoms with Gasteiger partial charge in [-0.1, -0.05) is 18.2 Å². The van der Waals surface area contributed by atoms with Crippen molar-refractivity contribution in [1.29, 1.82) is 0 Å². The molecule has 1 aliphatic heterocycles. The molecule has 0 N–H and O–H groups in total. The molecular formula is C17H14N2O3. The van der Waals surface area contributed by atoms with Crippen LogP contribution in [0.25, 0.3) is 0 Å². The summed E-state index contributed by atoms with van der Waals surface area (Å²) in [7, 11) is 0. The number of benzene rings is 1. The van der Waals surface area contributed by atoms with Crippen LogP contribution in [0.2, 0.25) is 0 Å². The van der Waals surface area contributed by atoms with E-state index in [0.717, 1.165) is 5.69 Å². The smallest absolute Gasteiger partial charge is 0.261 e. The average Bonchev–Trinajstić information content (AvgIpc) is 2.80. The Kier molecular flexibility index (Phi) is 3.78. The molecule has 1 aromatic heterocycles. The van der Waals surface area contributed by atoms with Gasteiger partial charge in [-0.05, 0) is 37.1 Å². The first kappa shape index (κ1) is 14.1. The molecule has 1 aromatic carbocycles. The number of hydrogen-bond donors (Lipinski definition) is 0. The van der Waals surface area contributed by atoms with Crippen LogP contribution in [0.4, 0.5) is 0 Å². The van der Waals surface area contributed by atoms with Gasteiger partial charge in [0.15, 0.2) is 6.29 Å². The predicted octanol–water partition coefficient (Wildman–Crippen LogP) is 2.12. The highest BCUT2D eigenvalue weighted by molar-refractivity contribution is 6.21. The Labute approximate surface area is 127 Å². The molecular weight excluding hydrogens is 280 g/mol. The third-order valence-electron chi connectivity index (χ3n) is 3.64. The molecule has 110 valence electrons. The molecule has 0 saturated carbocycles. The monoisotopic (exact) mass is 294 g/mol. The summed E-state index contributed by atoms with van der Waals surface area (Å²) in [6.07, 6.45) is 1.92. The standard InChI is InChI=1S/C17H14N2O3/c20-11-13-6-3-5-12(18-13)7-4-10-19-16(21)14-8-1-2-9-15(14)17(19)22/h1-3,5-6,8-9,11H,4,7,10H2. The number of aldehydes is 1. The van der Waals surface area contributed by atoms with E-state index in [4.69, 9.17) is 0 Å². The SMILES string of the molecule is O=Cc1cccc(CCCN2C(=O)c3ccccc3C2=O)n1. The number of carbonyl (C=O) groups excluding carboxylic acids is 3. The summed E-state index contributed by atoms with van der Waals surface area (Å²) in [6.45, 7) is 0.347. The molecule has 0 atom stereocenters. The van der Waals surface area contributed by atoms with Gasteiger partial charge in [-0.3, -0.25) is 24.3 Å². The normalized spacial score (nSPS) is 13.4. The van der Waals surface area contributed by atoms with Crippen LogP contribution in [0.5, 0.6) is 0 Å². The van der Waals surface area contributed by atoms with Gasteiger partial charge in [0.05, 0.1) is 11.1 Å². The van der Waals surface area contributed by atoms with E-state index in [1.807, 2.05) is 6.07 Å². The second-order valence-corrected chi connectivity index (χ2v) is 5.08. The average molecular weight is 294 g/mol. The Morgan fingerprint density at radius 3 is 2.27 bits per heavy atom. The maximum Gasteiger partial charge on any atom is 0.261 e. The van der Waals surface area contributed by atoms with Gasteiger partial charge in [0.1, 0.15) is 5.69 Å². The fraction of sp³-hybridized carbons (Fsp3) is 0.176. The van der Waals surface area contributed by atoms with Gasteiger partial charge in [-0.15, -0.1) is 0 Å². The number of nitrogens with zero attached hydrogens (tertiary/aromatic N) is 2. The van der Waals surface area contributed by atoms with Gasteiger partial charge in [0, 0.05) is 12.2 Å². The van der Waals surface area contributed by atoms with Crippen molar-refractivity contribution in [1.82, 2.24) is 9.88 Å². The lowest BCUT2D eigenvalue weighted by molar-refractivity contribution is 0.0652. The Hall–Kier alpha value is -2.82. The molecule has 2 heterocycles. The molecule has 1 aliphatic rings. The van der Waals surface area contributed by atoms with Gasteiger partial charge in [0.2, 0.25) is 0 Å². The molecule has 3 rings (SSSR count). The number of fused-ring (bicyclic) bond motifs is 1. The lowest BCUT2D eigenvalue weighted by Crippen LogP contribution is -2.31. The Bertz CT molecular complexity index is 720. The van der Waals surface area contributed by atoms with E-state index in [0.29, 0.717) is 42.5 Å². The zero-order valence-corrected chi connectivity index (χ0v) is 11.9. The number of amides is 2. The molecule has 5 nitrogen and oxygen atoms in total. The molecule has 2 aromatic rings. The first-order valence-corrected chi connectivity index (χ1v) is 7.07. The van der Waals surface area contributed by atoms with Crippen LogP contribution < -0.4 is 0 Å². The predicted molar refractivity (Wildman–Crippen MR) is 79.8 cm³/mol. The lowest BCUT2D eigenvalue weighted by Gasteiger charge is -2.13. The largest absolute Gasteiger partial charge is 0.296 e.